The summed E-state index contributed by atoms with van der Waals surface area (Å²) >= 11 is 0. The maximum absolute atomic E-state index is 5.30. The predicted octanol–water partition coefficient (Wildman–Crippen LogP) is 1.68. The maximum atomic E-state index is 5.30. The van der Waals surface area contributed by atoms with Crippen molar-refractivity contribution in [3.05, 3.63) is 59.7 Å². The first-order valence-electron chi connectivity index (χ1n) is 10.0. The third-order valence-electron chi connectivity index (χ3n) is 5.13. The smallest absolute Gasteiger partial charge is 0.138 e. The summed E-state index contributed by atoms with van der Waals surface area (Å²) in [7, 11) is 0. The summed E-state index contributed by atoms with van der Waals surface area (Å²) in [6, 6.07) is 17.2. The second kappa shape index (κ2) is 9.05. The fourth-order valence-electron chi connectivity index (χ4n) is 3.77. The molecule has 4 aromatic carbocycles. The van der Waals surface area contributed by atoms with E-state index in [0.29, 0.717) is 26.2 Å². The van der Waals surface area contributed by atoms with Crippen molar-refractivity contribution in [3.63, 3.8) is 0 Å². The Morgan fingerprint density at radius 2 is 1.00 bits per heavy atom. The van der Waals surface area contributed by atoms with E-state index in [-0.39, 0.29) is 0 Å². The first-order valence-corrected chi connectivity index (χ1v) is 10.0. The normalized spacial score (nSPS) is 10.2. The summed E-state index contributed by atoms with van der Waals surface area (Å²) < 4.78 is 0. The fraction of sp³-hybridized carbons (Fsp3) is 0.143. The van der Waals surface area contributed by atoms with E-state index in [4.69, 9.17) is 12.8 Å². The Morgan fingerprint density at radius 1 is 0.567 bits per heavy atom. The Kier molecular flexibility index (Phi) is 5.85. The number of quaternary nitrogens is 2. The lowest BCUT2D eigenvalue weighted by Gasteiger charge is -2.13. The van der Waals surface area contributed by atoms with Crippen molar-refractivity contribution in [1.29, 1.82) is 0 Å². The van der Waals surface area contributed by atoms with Crippen LogP contribution in [-0.4, -0.2) is 26.2 Å². The monoisotopic (exact) mass is 386 g/mol. The minimum absolute atomic E-state index is 0.650. The zero-order valence-corrected chi connectivity index (χ0v) is 16.8. The van der Waals surface area contributed by atoms with Gasteiger partial charge in [0.1, 0.15) is 26.2 Å². The molecule has 0 heterocycles. The highest BCUT2D eigenvalue weighted by atomic mass is 14.8. The first kappa shape index (κ1) is 19.4. The van der Waals surface area contributed by atoms with E-state index in [9.17, 15) is 0 Å². The molecule has 0 aromatic heterocycles. The standard InChI is InChI=1S/C28H20N2/c1-3-17-29-19-5-7-21-9-11-23-14-16-26-22(8-6-20-30-18-4-2)10-12-24-13-15-25(21)27(23)28(24)26/h1-2,9-16,29-30H,17-20H2/p+2. The minimum Gasteiger partial charge on any atom is -0.326 e. The molecule has 0 radical (unpaired) electrons. The molecule has 0 amide bonds. The molecule has 4 rings (SSSR count). The van der Waals surface area contributed by atoms with Gasteiger partial charge in [0.2, 0.25) is 0 Å². The number of rotatable bonds is 4. The van der Waals surface area contributed by atoms with Crippen molar-refractivity contribution in [2.75, 3.05) is 26.2 Å². The highest BCUT2D eigenvalue weighted by Crippen LogP contribution is 2.37. The van der Waals surface area contributed by atoms with E-state index in [0.717, 1.165) is 11.1 Å². The minimum atomic E-state index is 0.650. The van der Waals surface area contributed by atoms with E-state index < -0.39 is 0 Å². The molecule has 0 atom stereocenters. The topological polar surface area (TPSA) is 33.2 Å². The van der Waals surface area contributed by atoms with Crippen LogP contribution >= 0.6 is 0 Å². The molecule has 30 heavy (non-hydrogen) atoms. The zero-order valence-electron chi connectivity index (χ0n) is 16.8. The largest absolute Gasteiger partial charge is 0.326 e. The van der Waals surface area contributed by atoms with Crippen LogP contribution in [-0.2, 0) is 0 Å². The molecule has 0 bridgehead atoms. The van der Waals surface area contributed by atoms with Gasteiger partial charge in [-0.05, 0) is 68.1 Å². The number of hydrogen-bond donors (Lipinski definition) is 2. The van der Waals surface area contributed by atoms with Gasteiger partial charge in [-0.1, -0.05) is 48.2 Å². The van der Waals surface area contributed by atoms with Crippen molar-refractivity contribution in [2.45, 2.75) is 0 Å². The van der Waals surface area contributed by atoms with Crippen LogP contribution in [0.25, 0.3) is 32.3 Å². The lowest BCUT2D eigenvalue weighted by atomic mass is 9.90. The Hall–Kier alpha value is -3.92. The van der Waals surface area contributed by atoms with Crippen molar-refractivity contribution in [2.24, 2.45) is 0 Å². The van der Waals surface area contributed by atoms with Gasteiger partial charge in [-0.25, -0.2) is 0 Å². The van der Waals surface area contributed by atoms with Gasteiger partial charge in [-0.3, -0.25) is 0 Å². The zero-order chi connectivity index (χ0) is 20.8. The van der Waals surface area contributed by atoms with Gasteiger partial charge in [-0.2, -0.15) is 0 Å². The summed E-state index contributed by atoms with van der Waals surface area (Å²) in [6.45, 7) is 2.69. The van der Waals surface area contributed by atoms with Gasteiger partial charge in [0.25, 0.3) is 0 Å². The van der Waals surface area contributed by atoms with Crippen LogP contribution < -0.4 is 10.6 Å². The van der Waals surface area contributed by atoms with Gasteiger partial charge < -0.3 is 10.6 Å². The van der Waals surface area contributed by atoms with Crippen LogP contribution in [0.4, 0.5) is 0 Å². The molecule has 0 fully saturated rings. The van der Waals surface area contributed by atoms with Crippen LogP contribution in [0, 0.1) is 48.4 Å². The molecule has 4 N–H and O–H groups in total. The Bertz CT molecular complexity index is 1310. The fourth-order valence-corrected chi connectivity index (χ4v) is 3.77. The Labute approximate surface area is 177 Å². The van der Waals surface area contributed by atoms with Gasteiger partial charge in [0, 0.05) is 11.1 Å². The van der Waals surface area contributed by atoms with Crippen molar-refractivity contribution < 1.29 is 10.6 Å². The molecule has 0 saturated heterocycles. The second-order valence-corrected chi connectivity index (χ2v) is 7.05. The molecular formula is C28H22N2+2. The summed E-state index contributed by atoms with van der Waals surface area (Å²) in [5, 5.41) is 11.4. The van der Waals surface area contributed by atoms with Crippen LogP contribution in [0.3, 0.4) is 0 Å². The highest BCUT2D eigenvalue weighted by molar-refractivity contribution is 6.24. The van der Waals surface area contributed by atoms with Gasteiger partial charge >= 0.3 is 0 Å². The number of benzene rings is 4. The Morgan fingerprint density at radius 3 is 1.43 bits per heavy atom. The molecule has 0 aliphatic heterocycles. The molecule has 0 spiro atoms. The van der Waals surface area contributed by atoms with Crippen molar-refractivity contribution >= 4 is 32.3 Å². The Balaban J connectivity index is 1.81. The summed E-state index contributed by atoms with van der Waals surface area (Å²) in [5.74, 6) is 18.3. The third kappa shape index (κ3) is 3.80. The quantitative estimate of drug-likeness (QED) is 0.304. The molecule has 2 nitrogen and oxygen atoms in total. The van der Waals surface area contributed by atoms with Crippen molar-refractivity contribution in [3.8, 4) is 48.4 Å². The average molecular weight is 386 g/mol. The van der Waals surface area contributed by atoms with E-state index in [1.807, 2.05) is 10.6 Å². The highest BCUT2D eigenvalue weighted by Gasteiger charge is 2.11. The first-order chi connectivity index (χ1) is 14.8. The molecule has 4 aromatic rings. The van der Waals surface area contributed by atoms with E-state index in [2.05, 4.69) is 84.1 Å². The predicted molar refractivity (Wildman–Crippen MR) is 125 cm³/mol. The molecule has 142 valence electrons. The second-order valence-electron chi connectivity index (χ2n) is 7.05. The third-order valence-corrected chi connectivity index (χ3v) is 5.13. The van der Waals surface area contributed by atoms with E-state index in [1.54, 1.807) is 0 Å². The molecule has 0 unspecified atom stereocenters. The van der Waals surface area contributed by atoms with Gasteiger partial charge in [0.05, 0.1) is 0 Å². The lowest BCUT2D eigenvalue weighted by molar-refractivity contribution is -0.633. The SMILES string of the molecule is C#CC[NH2+]CC#Cc1ccc2ccc3c(C#CC[NH2+]CC#C)ccc4ccc1c2c43. The van der Waals surface area contributed by atoms with Gasteiger partial charge in [0.15, 0.2) is 0 Å². The molecule has 2 heteroatoms. The van der Waals surface area contributed by atoms with E-state index in [1.165, 1.54) is 32.3 Å². The number of nitrogens with two attached hydrogens (primary N) is 2. The molecule has 0 aliphatic carbocycles. The van der Waals surface area contributed by atoms with Gasteiger partial charge in [-0.15, -0.1) is 12.8 Å². The molecular weight excluding hydrogens is 364 g/mol. The van der Waals surface area contributed by atoms with Crippen LogP contribution in [0.2, 0.25) is 0 Å². The molecule has 0 aliphatic rings. The summed E-state index contributed by atoms with van der Waals surface area (Å²) in [5.41, 5.74) is 2.10. The lowest BCUT2D eigenvalue weighted by Crippen LogP contribution is -2.83. The van der Waals surface area contributed by atoms with Crippen LogP contribution in [0.1, 0.15) is 11.1 Å². The van der Waals surface area contributed by atoms with Crippen LogP contribution in [0.5, 0.6) is 0 Å². The van der Waals surface area contributed by atoms with Crippen LogP contribution in [0.15, 0.2) is 48.5 Å². The maximum Gasteiger partial charge on any atom is 0.138 e. The average Bonchev–Trinajstić information content (AvgIpc) is 2.78. The summed E-state index contributed by atoms with van der Waals surface area (Å²) in [4.78, 5) is 0. The molecule has 0 saturated carbocycles. The van der Waals surface area contributed by atoms with Crippen molar-refractivity contribution in [1.82, 2.24) is 0 Å². The summed E-state index contributed by atoms with van der Waals surface area (Å²) in [6.07, 6.45) is 10.6. The van der Waals surface area contributed by atoms with E-state index >= 15 is 0 Å². The number of hydrogen-bond acceptors (Lipinski definition) is 0. The number of terminal acetylenes is 2.